The van der Waals surface area contributed by atoms with E-state index in [1.165, 1.54) is 6.33 Å². The molecule has 1 aliphatic heterocycles. The Morgan fingerprint density at radius 1 is 1.09 bits per heavy atom. The average molecular weight is 444 g/mol. The van der Waals surface area contributed by atoms with Crippen molar-refractivity contribution in [1.82, 2.24) is 19.5 Å². The SMILES string of the molecule is CP(C)(=O)c1ccc(Nc2ncnc3c2ncn3/C=C/c2cccc3c2CC(=O)N3)cc1. The summed E-state index contributed by atoms with van der Waals surface area (Å²) < 4.78 is 14.0. The van der Waals surface area contributed by atoms with Gasteiger partial charge in [0.2, 0.25) is 5.91 Å². The lowest BCUT2D eigenvalue weighted by atomic mass is 10.1. The van der Waals surface area contributed by atoms with Gasteiger partial charge in [-0.1, -0.05) is 12.1 Å². The third-order valence-corrected chi connectivity index (χ3v) is 6.89. The molecule has 1 amide bonds. The van der Waals surface area contributed by atoms with Crippen LogP contribution in [0.4, 0.5) is 17.2 Å². The molecule has 0 aliphatic carbocycles. The van der Waals surface area contributed by atoms with Gasteiger partial charge in [0.05, 0.1) is 6.42 Å². The zero-order valence-corrected chi connectivity index (χ0v) is 18.5. The van der Waals surface area contributed by atoms with Crippen molar-refractivity contribution in [3.63, 3.8) is 0 Å². The predicted molar refractivity (Wildman–Crippen MR) is 128 cm³/mol. The molecule has 0 fully saturated rings. The number of carbonyl (C=O) groups excluding carboxylic acids is 1. The Bertz CT molecular complexity index is 1420. The van der Waals surface area contributed by atoms with Gasteiger partial charge in [-0.15, -0.1) is 0 Å². The van der Waals surface area contributed by atoms with Gasteiger partial charge in [0.15, 0.2) is 17.0 Å². The number of aromatic nitrogens is 4. The number of carbonyl (C=O) groups is 1. The third kappa shape index (κ3) is 3.81. The van der Waals surface area contributed by atoms with Crippen LogP contribution in [0, 0.1) is 0 Å². The summed E-state index contributed by atoms with van der Waals surface area (Å²) in [6.07, 6.45) is 7.36. The number of fused-ring (bicyclic) bond motifs is 2. The number of imidazole rings is 1. The molecule has 0 saturated heterocycles. The summed E-state index contributed by atoms with van der Waals surface area (Å²) in [6.45, 7) is 3.50. The molecule has 9 heteroatoms. The molecule has 0 spiro atoms. The molecule has 8 nitrogen and oxygen atoms in total. The summed E-state index contributed by atoms with van der Waals surface area (Å²) in [6, 6.07) is 13.3. The molecule has 0 bridgehead atoms. The van der Waals surface area contributed by atoms with Crippen LogP contribution in [0.25, 0.3) is 23.4 Å². The molecule has 0 saturated carbocycles. The highest BCUT2D eigenvalue weighted by Gasteiger charge is 2.19. The first-order valence-corrected chi connectivity index (χ1v) is 12.7. The lowest BCUT2D eigenvalue weighted by Gasteiger charge is -2.09. The second kappa shape index (κ2) is 7.73. The molecule has 2 N–H and O–H groups in total. The summed E-state index contributed by atoms with van der Waals surface area (Å²) in [5.74, 6) is 0.590. The van der Waals surface area contributed by atoms with E-state index in [0.717, 1.165) is 27.8 Å². The summed E-state index contributed by atoms with van der Waals surface area (Å²) >= 11 is 0. The minimum absolute atomic E-state index is 0.00566. The Morgan fingerprint density at radius 3 is 2.69 bits per heavy atom. The summed E-state index contributed by atoms with van der Waals surface area (Å²) in [5.41, 5.74) is 4.93. The Hall–Kier alpha value is -3.77. The standard InChI is InChI=1S/C23H21N6O2P/c1-32(2,31)17-8-6-16(7-9-17)27-22-21-23(25-13-24-22)29(14-26-21)11-10-15-4-3-5-19-18(15)12-20(30)28-19/h3-11,13-14H,12H2,1-2H3,(H,28,30)(H,24,25,27)/b11-10+. The highest BCUT2D eigenvalue weighted by atomic mass is 31.2. The lowest BCUT2D eigenvalue weighted by molar-refractivity contribution is -0.115. The molecular weight excluding hydrogens is 423 g/mol. The van der Waals surface area contributed by atoms with Crippen molar-refractivity contribution in [2.75, 3.05) is 24.0 Å². The quantitative estimate of drug-likeness (QED) is 0.452. The van der Waals surface area contributed by atoms with E-state index in [-0.39, 0.29) is 5.91 Å². The summed E-state index contributed by atoms with van der Waals surface area (Å²) in [7, 11) is -2.30. The average Bonchev–Trinajstić information content (AvgIpc) is 3.35. The van der Waals surface area contributed by atoms with Gasteiger partial charge in [-0.25, -0.2) is 15.0 Å². The molecule has 0 radical (unpaired) electrons. The monoisotopic (exact) mass is 444 g/mol. The van der Waals surface area contributed by atoms with Crippen molar-refractivity contribution >= 4 is 59.0 Å². The summed E-state index contributed by atoms with van der Waals surface area (Å²) in [5, 5.41) is 6.96. The second-order valence-electron chi connectivity index (χ2n) is 7.98. The first kappa shape index (κ1) is 20.2. The minimum Gasteiger partial charge on any atom is -0.338 e. The van der Waals surface area contributed by atoms with E-state index in [9.17, 15) is 9.36 Å². The smallest absolute Gasteiger partial charge is 0.228 e. The van der Waals surface area contributed by atoms with Gasteiger partial charge in [0.25, 0.3) is 0 Å². The maximum atomic E-state index is 12.2. The Balaban J connectivity index is 1.43. The van der Waals surface area contributed by atoms with Crippen LogP contribution in [-0.4, -0.2) is 38.8 Å². The molecule has 2 aromatic carbocycles. The van der Waals surface area contributed by atoms with E-state index in [1.54, 1.807) is 19.7 Å². The van der Waals surface area contributed by atoms with Gasteiger partial charge in [-0.05, 0) is 60.9 Å². The molecule has 0 unspecified atom stereocenters. The van der Waals surface area contributed by atoms with Gasteiger partial charge >= 0.3 is 0 Å². The number of anilines is 3. The van der Waals surface area contributed by atoms with Crippen LogP contribution in [-0.2, 0) is 15.8 Å². The van der Waals surface area contributed by atoms with Crippen molar-refractivity contribution in [2.45, 2.75) is 6.42 Å². The minimum atomic E-state index is -2.30. The van der Waals surface area contributed by atoms with Gasteiger partial charge in [0.1, 0.15) is 19.8 Å². The first-order chi connectivity index (χ1) is 15.4. The van der Waals surface area contributed by atoms with Crippen molar-refractivity contribution in [3.05, 3.63) is 66.2 Å². The fourth-order valence-corrected chi connectivity index (χ4v) is 4.55. The van der Waals surface area contributed by atoms with Crippen LogP contribution in [0.2, 0.25) is 0 Å². The largest absolute Gasteiger partial charge is 0.338 e. The van der Waals surface area contributed by atoms with Gasteiger partial charge < -0.3 is 15.2 Å². The van der Waals surface area contributed by atoms with Crippen LogP contribution in [0.1, 0.15) is 11.1 Å². The third-order valence-electron chi connectivity index (χ3n) is 5.35. The number of benzene rings is 2. The molecular formula is C23H21N6O2P. The topological polar surface area (TPSA) is 102 Å². The van der Waals surface area contributed by atoms with E-state index >= 15 is 0 Å². The lowest BCUT2D eigenvalue weighted by Crippen LogP contribution is -2.03. The first-order valence-electron chi connectivity index (χ1n) is 10.1. The fraction of sp³-hybridized carbons (Fsp3) is 0.130. The highest BCUT2D eigenvalue weighted by molar-refractivity contribution is 7.70. The van der Waals surface area contributed by atoms with Crippen LogP contribution >= 0.6 is 7.14 Å². The zero-order valence-electron chi connectivity index (χ0n) is 17.6. The Kier molecular flexibility index (Phi) is 4.87. The normalized spacial score (nSPS) is 13.5. The zero-order chi connectivity index (χ0) is 22.3. The molecule has 160 valence electrons. The summed E-state index contributed by atoms with van der Waals surface area (Å²) in [4.78, 5) is 24.9. The fourth-order valence-electron chi connectivity index (χ4n) is 3.68. The van der Waals surface area contributed by atoms with E-state index in [4.69, 9.17) is 0 Å². The molecule has 4 aromatic rings. The van der Waals surface area contributed by atoms with Crippen molar-refractivity contribution in [1.29, 1.82) is 0 Å². The predicted octanol–water partition coefficient (Wildman–Crippen LogP) is 3.94. The maximum Gasteiger partial charge on any atom is 0.228 e. The number of nitrogens with one attached hydrogen (secondary N) is 2. The van der Waals surface area contributed by atoms with E-state index in [2.05, 4.69) is 25.6 Å². The van der Waals surface area contributed by atoms with E-state index < -0.39 is 7.14 Å². The highest BCUT2D eigenvalue weighted by Crippen LogP contribution is 2.35. The molecule has 5 rings (SSSR count). The molecule has 32 heavy (non-hydrogen) atoms. The van der Waals surface area contributed by atoms with Crippen molar-refractivity contribution in [2.24, 2.45) is 0 Å². The molecule has 2 aromatic heterocycles. The Morgan fingerprint density at radius 2 is 1.91 bits per heavy atom. The number of hydrogen-bond donors (Lipinski definition) is 2. The van der Waals surface area contributed by atoms with E-state index in [0.29, 0.717) is 23.4 Å². The molecule has 0 atom stereocenters. The second-order valence-corrected chi connectivity index (χ2v) is 11.2. The maximum absolute atomic E-state index is 12.2. The number of rotatable bonds is 5. The van der Waals surface area contributed by atoms with Gasteiger partial charge in [-0.2, -0.15) is 0 Å². The number of nitrogens with zero attached hydrogens (tertiary/aromatic N) is 4. The molecule has 1 aliphatic rings. The van der Waals surface area contributed by atoms with Crippen molar-refractivity contribution in [3.8, 4) is 0 Å². The van der Waals surface area contributed by atoms with Crippen LogP contribution in [0.5, 0.6) is 0 Å². The van der Waals surface area contributed by atoms with Crippen molar-refractivity contribution < 1.29 is 9.36 Å². The van der Waals surface area contributed by atoms with E-state index in [1.807, 2.05) is 59.3 Å². The number of amides is 1. The van der Waals surface area contributed by atoms with Gasteiger partial charge in [0, 0.05) is 22.9 Å². The van der Waals surface area contributed by atoms with Crippen LogP contribution in [0.3, 0.4) is 0 Å². The van der Waals surface area contributed by atoms with Gasteiger partial charge in [-0.3, -0.25) is 9.36 Å². The number of hydrogen-bond acceptors (Lipinski definition) is 6. The molecule has 3 heterocycles. The van der Waals surface area contributed by atoms with Crippen LogP contribution in [0.15, 0.2) is 55.1 Å². The Labute approximate surface area is 184 Å². The van der Waals surface area contributed by atoms with Crippen LogP contribution < -0.4 is 15.9 Å².